The predicted octanol–water partition coefficient (Wildman–Crippen LogP) is 3.34. The highest BCUT2D eigenvalue weighted by Crippen LogP contribution is 2.62. The number of rotatable bonds is 6. The fourth-order valence-corrected chi connectivity index (χ4v) is 3.06. The Bertz CT molecular complexity index is 762. The van der Waals surface area contributed by atoms with E-state index >= 15 is 4.39 Å². The third-order valence-corrected chi connectivity index (χ3v) is 4.49. The number of carbonyl (C=O) groups excluding carboxylic acids is 2. The quantitative estimate of drug-likeness (QED) is 0.756. The van der Waals surface area contributed by atoms with Gasteiger partial charge in [-0.15, -0.1) is 0 Å². The van der Waals surface area contributed by atoms with E-state index in [1.165, 1.54) is 0 Å². The highest BCUT2D eigenvalue weighted by molar-refractivity contribution is 6.02. The lowest BCUT2D eigenvalue weighted by molar-refractivity contribution is -0.158. The van der Waals surface area contributed by atoms with Crippen molar-refractivity contribution in [1.29, 1.82) is 0 Å². The van der Waals surface area contributed by atoms with Crippen molar-refractivity contribution in [2.24, 2.45) is 0 Å². The second kappa shape index (κ2) is 6.67. The van der Waals surface area contributed by atoms with Gasteiger partial charge in [0.25, 0.3) is 0 Å². The summed E-state index contributed by atoms with van der Waals surface area (Å²) in [6.07, 6.45) is -0.267. The SMILES string of the molecule is CCOC(=O)C1(F)CC1(C(=O)OCc1ccccc1)c1ccccc1. The normalized spacial score (nSPS) is 24.4. The second-order valence-electron chi connectivity index (χ2n) is 6.03. The van der Waals surface area contributed by atoms with Crippen LogP contribution in [0, 0.1) is 0 Å². The number of alkyl halides is 1. The number of esters is 2. The summed E-state index contributed by atoms with van der Waals surface area (Å²) < 4.78 is 25.5. The van der Waals surface area contributed by atoms with Gasteiger partial charge in [0, 0.05) is 6.42 Å². The molecule has 0 aliphatic heterocycles. The first-order valence-corrected chi connectivity index (χ1v) is 8.17. The van der Waals surface area contributed by atoms with Gasteiger partial charge in [-0.3, -0.25) is 4.79 Å². The Labute approximate surface area is 145 Å². The van der Waals surface area contributed by atoms with E-state index in [0.717, 1.165) is 5.56 Å². The molecular formula is C20H19FO4. The van der Waals surface area contributed by atoms with Gasteiger partial charge in [0.1, 0.15) is 12.0 Å². The zero-order chi connectivity index (χ0) is 17.9. The molecule has 0 bridgehead atoms. The van der Waals surface area contributed by atoms with Crippen molar-refractivity contribution in [1.82, 2.24) is 0 Å². The van der Waals surface area contributed by atoms with Crippen molar-refractivity contribution < 1.29 is 23.5 Å². The maximum atomic E-state index is 15.3. The third kappa shape index (κ3) is 2.90. The van der Waals surface area contributed by atoms with Gasteiger partial charge < -0.3 is 9.47 Å². The van der Waals surface area contributed by atoms with Gasteiger partial charge in [0.2, 0.25) is 5.67 Å². The van der Waals surface area contributed by atoms with Crippen LogP contribution in [-0.4, -0.2) is 24.2 Å². The molecule has 1 fully saturated rings. The van der Waals surface area contributed by atoms with E-state index in [1.807, 2.05) is 30.3 Å². The predicted molar refractivity (Wildman–Crippen MR) is 89.4 cm³/mol. The molecule has 0 aromatic heterocycles. The van der Waals surface area contributed by atoms with E-state index in [0.29, 0.717) is 5.56 Å². The van der Waals surface area contributed by atoms with Gasteiger partial charge in [-0.2, -0.15) is 0 Å². The lowest BCUT2D eigenvalue weighted by Gasteiger charge is -2.19. The molecule has 1 saturated carbocycles. The summed E-state index contributed by atoms with van der Waals surface area (Å²) >= 11 is 0. The van der Waals surface area contributed by atoms with Crippen molar-refractivity contribution in [3.63, 3.8) is 0 Å². The summed E-state index contributed by atoms with van der Waals surface area (Å²) in [4.78, 5) is 24.8. The minimum atomic E-state index is -2.39. The van der Waals surface area contributed by atoms with Crippen LogP contribution in [0.2, 0.25) is 0 Å². The van der Waals surface area contributed by atoms with Gasteiger partial charge in [-0.25, -0.2) is 9.18 Å². The molecule has 5 heteroatoms. The summed E-state index contributed by atoms with van der Waals surface area (Å²) in [5.41, 5.74) is -2.82. The molecular weight excluding hydrogens is 323 g/mol. The smallest absolute Gasteiger partial charge is 0.345 e. The number of benzene rings is 2. The van der Waals surface area contributed by atoms with Crippen LogP contribution < -0.4 is 0 Å². The molecule has 0 N–H and O–H groups in total. The molecule has 2 atom stereocenters. The Balaban J connectivity index is 1.86. The van der Waals surface area contributed by atoms with E-state index in [2.05, 4.69) is 0 Å². The van der Waals surface area contributed by atoms with Crippen LogP contribution >= 0.6 is 0 Å². The van der Waals surface area contributed by atoms with Crippen LogP contribution in [0.5, 0.6) is 0 Å². The number of hydrogen-bond acceptors (Lipinski definition) is 4. The van der Waals surface area contributed by atoms with Gasteiger partial charge in [-0.05, 0) is 18.1 Å². The van der Waals surface area contributed by atoms with Crippen molar-refractivity contribution in [2.75, 3.05) is 6.61 Å². The first kappa shape index (κ1) is 17.1. The first-order chi connectivity index (χ1) is 12.0. The molecule has 0 saturated heterocycles. The lowest BCUT2D eigenvalue weighted by atomic mass is 9.92. The fourth-order valence-electron chi connectivity index (χ4n) is 3.06. The molecule has 1 aliphatic carbocycles. The average Bonchev–Trinajstić information content (AvgIpc) is 3.30. The zero-order valence-corrected chi connectivity index (χ0v) is 13.9. The molecule has 1 aliphatic rings. The Morgan fingerprint density at radius 3 is 2.16 bits per heavy atom. The molecule has 0 radical (unpaired) electrons. The Kier molecular flexibility index (Phi) is 4.57. The monoisotopic (exact) mass is 342 g/mol. The molecule has 2 unspecified atom stereocenters. The molecule has 3 rings (SSSR count). The number of ether oxygens (including phenoxy) is 2. The van der Waals surface area contributed by atoms with Crippen molar-refractivity contribution in [3.8, 4) is 0 Å². The van der Waals surface area contributed by atoms with E-state index in [-0.39, 0.29) is 19.6 Å². The molecule has 2 aromatic carbocycles. The van der Waals surface area contributed by atoms with Crippen molar-refractivity contribution in [2.45, 2.75) is 31.0 Å². The van der Waals surface area contributed by atoms with Crippen LogP contribution in [0.25, 0.3) is 0 Å². The van der Waals surface area contributed by atoms with Crippen LogP contribution in [-0.2, 0) is 31.1 Å². The van der Waals surface area contributed by atoms with Gasteiger partial charge >= 0.3 is 11.9 Å². The van der Waals surface area contributed by atoms with Crippen LogP contribution in [0.1, 0.15) is 24.5 Å². The molecule has 25 heavy (non-hydrogen) atoms. The lowest BCUT2D eigenvalue weighted by Crippen LogP contribution is -2.37. The molecule has 4 nitrogen and oxygen atoms in total. The minimum Gasteiger partial charge on any atom is -0.464 e. The summed E-state index contributed by atoms with van der Waals surface area (Å²) in [7, 11) is 0. The second-order valence-corrected chi connectivity index (χ2v) is 6.03. The van der Waals surface area contributed by atoms with Crippen molar-refractivity contribution in [3.05, 3.63) is 71.8 Å². The van der Waals surface area contributed by atoms with Crippen LogP contribution in [0.3, 0.4) is 0 Å². The maximum absolute atomic E-state index is 15.3. The van der Waals surface area contributed by atoms with Gasteiger partial charge in [-0.1, -0.05) is 60.7 Å². The number of hydrogen-bond donors (Lipinski definition) is 0. The number of carbonyl (C=O) groups is 2. The Morgan fingerprint density at radius 1 is 0.960 bits per heavy atom. The van der Waals surface area contributed by atoms with Crippen LogP contribution in [0.4, 0.5) is 4.39 Å². The summed E-state index contributed by atoms with van der Waals surface area (Å²) in [5, 5.41) is 0. The average molecular weight is 342 g/mol. The largest absolute Gasteiger partial charge is 0.464 e. The first-order valence-electron chi connectivity index (χ1n) is 8.17. The van der Waals surface area contributed by atoms with Crippen LogP contribution in [0.15, 0.2) is 60.7 Å². The molecule has 2 aromatic rings. The summed E-state index contributed by atoms with van der Waals surface area (Å²) in [6.45, 7) is 1.67. The summed E-state index contributed by atoms with van der Waals surface area (Å²) in [6, 6.07) is 17.5. The highest BCUT2D eigenvalue weighted by Gasteiger charge is 2.80. The topological polar surface area (TPSA) is 52.6 Å². The standard InChI is InChI=1S/C20H19FO4/c1-2-24-18(23)20(21)14-19(20,16-11-7-4-8-12-16)17(22)25-13-15-9-5-3-6-10-15/h3-12H,2,13-14H2,1H3. The molecule has 0 amide bonds. The molecule has 0 heterocycles. The minimum absolute atomic E-state index is 0.0210. The highest BCUT2D eigenvalue weighted by atomic mass is 19.1. The third-order valence-electron chi connectivity index (χ3n) is 4.49. The maximum Gasteiger partial charge on any atom is 0.345 e. The van der Waals surface area contributed by atoms with Crippen molar-refractivity contribution >= 4 is 11.9 Å². The van der Waals surface area contributed by atoms with E-state index in [1.54, 1.807) is 37.3 Å². The van der Waals surface area contributed by atoms with Gasteiger partial charge in [0.15, 0.2) is 0 Å². The van der Waals surface area contributed by atoms with E-state index in [4.69, 9.17) is 9.47 Å². The van der Waals surface area contributed by atoms with Gasteiger partial charge in [0.05, 0.1) is 6.61 Å². The fraction of sp³-hybridized carbons (Fsp3) is 0.300. The summed E-state index contributed by atoms with van der Waals surface area (Å²) in [5.74, 6) is -1.77. The van der Waals surface area contributed by atoms with E-state index < -0.39 is 23.0 Å². The Hall–Kier alpha value is -2.69. The Morgan fingerprint density at radius 2 is 1.56 bits per heavy atom. The zero-order valence-electron chi connectivity index (χ0n) is 13.9. The number of halogens is 1. The molecule has 0 spiro atoms. The van der Waals surface area contributed by atoms with E-state index in [9.17, 15) is 9.59 Å². The molecule has 130 valence electrons.